The predicted octanol–water partition coefficient (Wildman–Crippen LogP) is 2.78. The van der Waals surface area contributed by atoms with Gasteiger partial charge >= 0.3 is 5.97 Å². The number of phenolic OH excluding ortho intramolecular Hbond substituents is 1. The number of esters is 1. The summed E-state index contributed by atoms with van der Waals surface area (Å²) in [6.45, 7) is 0.281. The van der Waals surface area contributed by atoms with Crippen molar-refractivity contribution in [1.82, 2.24) is 0 Å². The molecule has 3 rings (SSSR count). The number of para-hydroxylation sites is 1. The van der Waals surface area contributed by atoms with Crippen molar-refractivity contribution in [1.29, 1.82) is 0 Å². The van der Waals surface area contributed by atoms with Gasteiger partial charge in [0.25, 0.3) is 0 Å². The Kier molecular flexibility index (Phi) is 4.71. The number of carbonyl (C=O) groups is 1. The average Bonchev–Trinajstić information content (AvgIpc) is 2.61. The standard InChI is InChI=1S/C19H20O5/c1-23-13-8-6-12(7-9-13)18(21)17-15(10-11-24-19(17)22)14-4-2-3-5-16(14)20/h2-9,15,17-18,20-21H,10-11H2,1H3/t15-,17+,18+/m0/s1. The maximum atomic E-state index is 12.3. The van der Waals surface area contributed by atoms with Gasteiger partial charge in [-0.25, -0.2) is 0 Å². The van der Waals surface area contributed by atoms with Gasteiger partial charge in [0.2, 0.25) is 0 Å². The molecule has 0 aromatic heterocycles. The Balaban J connectivity index is 1.94. The number of aromatic hydroxyl groups is 1. The summed E-state index contributed by atoms with van der Waals surface area (Å²) in [5.74, 6) is -0.707. The van der Waals surface area contributed by atoms with Crippen LogP contribution in [-0.2, 0) is 9.53 Å². The van der Waals surface area contributed by atoms with Gasteiger partial charge in [0.1, 0.15) is 11.5 Å². The summed E-state index contributed by atoms with van der Waals surface area (Å²) in [7, 11) is 1.57. The molecule has 2 aromatic rings. The molecule has 2 aromatic carbocycles. The fourth-order valence-corrected chi connectivity index (χ4v) is 3.23. The lowest BCUT2D eigenvalue weighted by atomic mass is 9.77. The van der Waals surface area contributed by atoms with Gasteiger partial charge < -0.3 is 19.7 Å². The van der Waals surface area contributed by atoms with Gasteiger partial charge in [0.05, 0.1) is 25.7 Å². The first-order valence-electron chi connectivity index (χ1n) is 7.88. The largest absolute Gasteiger partial charge is 0.508 e. The SMILES string of the molecule is COc1ccc([C@@H](O)[C@@H]2C(=O)OCC[C@H]2c2ccccc2O)cc1. The van der Waals surface area contributed by atoms with Crippen molar-refractivity contribution in [2.24, 2.45) is 5.92 Å². The fraction of sp³-hybridized carbons (Fsp3) is 0.316. The molecule has 0 saturated carbocycles. The number of hydrogen-bond donors (Lipinski definition) is 2. The van der Waals surface area contributed by atoms with Gasteiger partial charge in [-0.15, -0.1) is 0 Å². The van der Waals surface area contributed by atoms with Crippen LogP contribution in [-0.4, -0.2) is 29.9 Å². The van der Waals surface area contributed by atoms with E-state index in [0.717, 1.165) is 0 Å². The van der Waals surface area contributed by atoms with Crippen molar-refractivity contribution < 1.29 is 24.5 Å². The molecule has 24 heavy (non-hydrogen) atoms. The molecular weight excluding hydrogens is 308 g/mol. The second-order valence-electron chi connectivity index (χ2n) is 5.87. The second kappa shape index (κ2) is 6.93. The Labute approximate surface area is 140 Å². The first-order valence-corrected chi connectivity index (χ1v) is 7.88. The van der Waals surface area contributed by atoms with E-state index in [-0.39, 0.29) is 18.3 Å². The Hall–Kier alpha value is -2.53. The molecular formula is C19H20O5. The minimum atomic E-state index is -1.02. The smallest absolute Gasteiger partial charge is 0.312 e. The Morgan fingerprint density at radius 1 is 1.17 bits per heavy atom. The highest BCUT2D eigenvalue weighted by Gasteiger charge is 2.41. The molecule has 0 bridgehead atoms. The zero-order valence-electron chi connectivity index (χ0n) is 13.4. The highest BCUT2D eigenvalue weighted by atomic mass is 16.5. The molecule has 0 unspecified atom stereocenters. The van der Waals surface area contributed by atoms with Crippen LogP contribution in [0.25, 0.3) is 0 Å². The number of ether oxygens (including phenoxy) is 2. The summed E-state index contributed by atoms with van der Waals surface area (Å²) in [5.41, 5.74) is 1.27. The van der Waals surface area contributed by atoms with E-state index >= 15 is 0 Å². The molecule has 3 atom stereocenters. The first kappa shape index (κ1) is 16.3. The fourth-order valence-electron chi connectivity index (χ4n) is 3.23. The minimum absolute atomic E-state index is 0.129. The second-order valence-corrected chi connectivity index (χ2v) is 5.87. The highest BCUT2D eigenvalue weighted by Crippen LogP contribution is 2.43. The lowest BCUT2D eigenvalue weighted by Gasteiger charge is -2.34. The van der Waals surface area contributed by atoms with E-state index in [4.69, 9.17) is 9.47 Å². The van der Waals surface area contributed by atoms with E-state index in [1.165, 1.54) is 0 Å². The number of carbonyl (C=O) groups excluding carboxylic acids is 1. The third-order valence-electron chi connectivity index (χ3n) is 4.51. The number of methoxy groups -OCH3 is 1. The van der Waals surface area contributed by atoms with Crippen LogP contribution in [0, 0.1) is 5.92 Å². The van der Waals surface area contributed by atoms with Crippen LogP contribution in [0.5, 0.6) is 11.5 Å². The van der Waals surface area contributed by atoms with Crippen molar-refractivity contribution in [3.8, 4) is 11.5 Å². The van der Waals surface area contributed by atoms with Crippen molar-refractivity contribution >= 4 is 5.97 Å². The quantitative estimate of drug-likeness (QED) is 0.844. The number of cyclic esters (lactones) is 1. The average molecular weight is 328 g/mol. The summed E-state index contributed by atoms with van der Waals surface area (Å²) < 4.78 is 10.3. The summed E-state index contributed by atoms with van der Waals surface area (Å²) in [6, 6.07) is 13.9. The van der Waals surface area contributed by atoms with Crippen molar-refractivity contribution in [3.63, 3.8) is 0 Å². The molecule has 1 heterocycles. The summed E-state index contributed by atoms with van der Waals surface area (Å²) in [5, 5.41) is 20.9. The lowest BCUT2D eigenvalue weighted by molar-refractivity contribution is -0.159. The van der Waals surface area contributed by atoms with Gasteiger partial charge in [0, 0.05) is 5.92 Å². The van der Waals surface area contributed by atoms with E-state index in [1.54, 1.807) is 49.6 Å². The molecule has 5 nitrogen and oxygen atoms in total. The Bertz CT molecular complexity index is 710. The molecule has 126 valence electrons. The van der Waals surface area contributed by atoms with Crippen LogP contribution in [0.3, 0.4) is 0 Å². The minimum Gasteiger partial charge on any atom is -0.508 e. The van der Waals surface area contributed by atoms with Gasteiger partial charge in [-0.05, 0) is 35.7 Å². The Morgan fingerprint density at radius 2 is 1.88 bits per heavy atom. The summed E-state index contributed by atoms with van der Waals surface area (Å²) in [6.07, 6.45) is -0.463. The number of rotatable bonds is 4. The van der Waals surface area contributed by atoms with Crippen LogP contribution < -0.4 is 4.74 Å². The van der Waals surface area contributed by atoms with Crippen LogP contribution >= 0.6 is 0 Å². The number of hydrogen-bond acceptors (Lipinski definition) is 5. The number of aliphatic hydroxyl groups excluding tert-OH is 1. The number of phenols is 1. The van der Waals surface area contributed by atoms with Crippen LogP contribution in [0.1, 0.15) is 29.6 Å². The maximum Gasteiger partial charge on any atom is 0.312 e. The topological polar surface area (TPSA) is 76.0 Å². The van der Waals surface area contributed by atoms with Crippen molar-refractivity contribution in [3.05, 3.63) is 59.7 Å². The van der Waals surface area contributed by atoms with Crippen molar-refractivity contribution in [2.75, 3.05) is 13.7 Å². The van der Waals surface area contributed by atoms with Crippen molar-refractivity contribution in [2.45, 2.75) is 18.4 Å². The number of aliphatic hydroxyl groups is 1. The molecule has 5 heteroatoms. The molecule has 1 saturated heterocycles. The van der Waals surface area contributed by atoms with Gasteiger partial charge in [-0.2, -0.15) is 0 Å². The number of benzene rings is 2. The molecule has 1 fully saturated rings. The molecule has 1 aliphatic rings. The summed E-state index contributed by atoms with van der Waals surface area (Å²) >= 11 is 0. The van der Waals surface area contributed by atoms with Crippen LogP contribution in [0.15, 0.2) is 48.5 Å². The molecule has 0 spiro atoms. The summed E-state index contributed by atoms with van der Waals surface area (Å²) in [4.78, 5) is 12.3. The monoisotopic (exact) mass is 328 g/mol. The Morgan fingerprint density at radius 3 is 2.54 bits per heavy atom. The third kappa shape index (κ3) is 3.08. The molecule has 0 aliphatic carbocycles. The zero-order valence-corrected chi connectivity index (χ0v) is 13.4. The lowest BCUT2D eigenvalue weighted by Crippen LogP contribution is -2.35. The normalized spacial score (nSPS) is 21.8. The molecule has 0 radical (unpaired) electrons. The van der Waals surface area contributed by atoms with Gasteiger partial charge in [-0.1, -0.05) is 30.3 Å². The molecule has 0 amide bonds. The maximum absolute atomic E-state index is 12.3. The predicted molar refractivity (Wildman–Crippen MR) is 87.9 cm³/mol. The molecule has 1 aliphatic heterocycles. The molecule has 2 N–H and O–H groups in total. The van der Waals surface area contributed by atoms with E-state index in [1.807, 2.05) is 6.07 Å². The van der Waals surface area contributed by atoms with Gasteiger partial charge in [-0.3, -0.25) is 4.79 Å². The van der Waals surface area contributed by atoms with E-state index in [9.17, 15) is 15.0 Å². The van der Waals surface area contributed by atoms with E-state index in [2.05, 4.69) is 0 Å². The van der Waals surface area contributed by atoms with Gasteiger partial charge in [0.15, 0.2) is 0 Å². The van der Waals surface area contributed by atoms with Crippen LogP contribution in [0.2, 0.25) is 0 Å². The van der Waals surface area contributed by atoms with E-state index < -0.39 is 18.0 Å². The third-order valence-corrected chi connectivity index (χ3v) is 4.51. The van der Waals surface area contributed by atoms with E-state index in [0.29, 0.717) is 23.3 Å². The first-order chi connectivity index (χ1) is 11.6. The zero-order chi connectivity index (χ0) is 17.1. The highest BCUT2D eigenvalue weighted by molar-refractivity contribution is 5.76. The van der Waals surface area contributed by atoms with Crippen LogP contribution in [0.4, 0.5) is 0 Å².